The van der Waals surface area contributed by atoms with Gasteiger partial charge < -0.3 is 16.4 Å². The van der Waals surface area contributed by atoms with Crippen molar-refractivity contribution in [1.29, 1.82) is 0 Å². The van der Waals surface area contributed by atoms with Crippen LogP contribution in [0.1, 0.15) is 41.3 Å². The van der Waals surface area contributed by atoms with Crippen molar-refractivity contribution >= 4 is 23.2 Å². The van der Waals surface area contributed by atoms with E-state index in [-0.39, 0.29) is 29.6 Å². The van der Waals surface area contributed by atoms with E-state index in [9.17, 15) is 22.8 Å². The molecule has 1 atom stereocenters. The number of hydrogen-bond acceptors (Lipinski definition) is 3. The molecule has 150 valence electrons. The van der Waals surface area contributed by atoms with Crippen LogP contribution >= 0.6 is 0 Å². The highest BCUT2D eigenvalue weighted by Crippen LogP contribution is 2.30. The summed E-state index contributed by atoms with van der Waals surface area (Å²) in [6.45, 7) is 3.58. The van der Waals surface area contributed by atoms with E-state index in [2.05, 4.69) is 10.6 Å². The highest BCUT2D eigenvalue weighted by molar-refractivity contribution is 6.05. The van der Waals surface area contributed by atoms with E-state index < -0.39 is 17.6 Å². The predicted octanol–water partition coefficient (Wildman–Crippen LogP) is 4.33. The molecule has 4 N–H and O–H groups in total. The maximum atomic E-state index is 12.8. The molecule has 0 aliphatic rings. The number of nitrogens with one attached hydrogen (secondary N) is 2. The van der Waals surface area contributed by atoms with Crippen LogP contribution in [-0.4, -0.2) is 17.9 Å². The number of anilines is 2. The van der Waals surface area contributed by atoms with Gasteiger partial charge in [0, 0.05) is 29.4 Å². The van der Waals surface area contributed by atoms with Crippen molar-refractivity contribution in [1.82, 2.24) is 0 Å². The lowest BCUT2D eigenvalue weighted by Crippen LogP contribution is -2.20. The molecule has 0 heterocycles. The Labute approximate surface area is 161 Å². The first-order valence-corrected chi connectivity index (χ1v) is 8.71. The summed E-state index contributed by atoms with van der Waals surface area (Å²) in [6.07, 6.45) is -3.72. The summed E-state index contributed by atoms with van der Waals surface area (Å²) in [5.41, 5.74) is 6.25. The normalized spacial score (nSPS) is 12.4. The largest absolute Gasteiger partial charge is 0.416 e. The monoisotopic (exact) mass is 393 g/mol. The average Bonchev–Trinajstić information content (AvgIpc) is 2.61. The first kappa shape index (κ1) is 21.4. The van der Waals surface area contributed by atoms with Gasteiger partial charge >= 0.3 is 6.18 Å². The van der Waals surface area contributed by atoms with E-state index in [1.165, 1.54) is 24.3 Å². The summed E-state index contributed by atoms with van der Waals surface area (Å²) < 4.78 is 38.4. The van der Waals surface area contributed by atoms with Crippen molar-refractivity contribution in [3.05, 3.63) is 59.2 Å². The van der Waals surface area contributed by atoms with Gasteiger partial charge in [0.2, 0.25) is 5.91 Å². The van der Waals surface area contributed by atoms with E-state index in [4.69, 9.17) is 5.73 Å². The molecule has 0 bridgehead atoms. The number of hydrogen-bond donors (Lipinski definition) is 3. The maximum absolute atomic E-state index is 12.8. The molecule has 28 heavy (non-hydrogen) atoms. The lowest BCUT2D eigenvalue weighted by atomic mass is 10.1. The van der Waals surface area contributed by atoms with Gasteiger partial charge in [0.25, 0.3) is 5.91 Å². The van der Waals surface area contributed by atoms with Gasteiger partial charge in [-0.15, -0.1) is 0 Å². The third kappa shape index (κ3) is 6.09. The zero-order chi connectivity index (χ0) is 20.9. The Hall–Kier alpha value is -2.87. The van der Waals surface area contributed by atoms with Gasteiger partial charge in [0.15, 0.2) is 0 Å². The van der Waals surface area contributed by atoms with Crippen molar-refractivity contribution in [2.75, 3.05) is 10.6 Å². The molecule has 0 saturated carbocycles. The molecule has 0 fully saturated rings. The number of benzene rings is 2. The molecule has 2 rings (SSSR count). The van der Waals surface area contributed by atoms with Gasteiger partial charge in [-0.25, -0.2) is 0 Å². The Bertz CT molecular complexity index is 864. The Morgan fingerprint density at radius 1 is 1.11 bits per heavy atom. The molecule has 0 aliphatic heterocycles. The summed E-state index contributed by atoms with van der Waals surface area (Å²) in [6, 6.07) is 8.96. The lowest BCUT2D eigenvalue weighted by molar-refractivity contribution is -0.137. The van der Waals surface area contributed by atoms with E-state index in [0.29, 0.717) is 12.1 Å². The van der Waals surface area contributed by atoms with Gasteiger partial charge in [-0.05, 0) is 56.2 Å². The first-order chi connectivity index (χ1) is 13.1. The molecule has 0 spiro atoms. The Morgan fingerprint density at radius 2 is 1.82 bits per heavy atom. The fourth-order valence-corrected chi connectivity index (χ4v) is 2.45. The van der Waals surface area contributed by atoms with Crippen LogP contribution in [0.3, 0.4) is 0 Å². The second kappa shape index (κ2) is 8.88. The second-order valence-electron chi connectivity index (χ2n) is 6.63. The first-order valence-electron chi connectivity index (χ1n) is 8.71. The summed E-state index contributed by atoms with van der Waals surface area (Å²) in [5.74, 6) is -0.804. The molecular weight excluding hydrogens is 371 g/mol. The highest BCUT2D eigenvalue weighted by Gasteiger charge is 2.30. The van der Waals surface area contributed by atoms with Crippen LogP contribution in [0.15, 0.2) is 42.5 Å². The summed E-state index contributed by atoms with van der Waals surface area (Å²) in [5, 5.41) is 5.17. The number of rotatable bonds is 6. The van der Waals surface area contributed by atoms with Gasteiger partial charge in [0.1, 0.15) is 0 Å². The maximum Gasteiger partial charge on any atom is 0.416 e. The van der Waals surface area contributed by atoms with Crippen molar-refractivity contribution < 1.29 is 22.8 Å². The van der Waals surface area contributed by atoms with Crippen LogP contribution < -0.4 is 16.4 Å². The predicted molar refractivity (Wildman–Crippen MR) is 102 cm³/mol. The minimum Gasteiger partial charge on any atom is -0.328 e. The van der Waals surface area contributed by atoms with E-state index in [1.807, 2.05) is 0 Å². The Morgan fingerprint density at radius 3 is 2.46 bits per heavy atom. The highest BCUT2D eigenvalue weighted by atomic mass is 19.4. The molecule has 0 saturated heterocycles. The van der Waals surface area contributed by atoms with Crippen LogP contribution in [0.5, 0.6) is 0 Å². The van der Waals surface area contributed by atoms with Gasteiger partial charge in [-0.2, -0.15) is 13.2 Å². The number of halogens is 3. The zero-order valence-electron chi connectivity index (χ0n) is 15.6. The Kier molecular flexibility index (Phi) is 6.80. The second-order valence-corrected chi connectivity index (χ2v) is 6.63. The van der Waals surface area contributed by atoms with Crippen molar-refractivity contribution in [3.8, 4) is 0 Å². The zero-order valence-corrected chi connectivity index (χ0v) is 15.6. The molecule has 0 aromatic heterocycles. The number of carbonyl (C=O) groups excluding carboxylic acids is 2. The van der Waals surface area contributed by atoms with Crippen LogP contribution in [0.25, 0.3) is 0 Å². The molecule has 5 nitrogen and oxygen atoms in total. The molecule has 0 aliphatic carbocycles. The molecular formula is C20H22F3N3O2. The van der Waals surface area contributed by atoms with Gasteiger partial charge in [-0.1, -0.05) is 12.1 Å². The third-order valence-corrected chi connectivity index (χ3v) is 4.05. The summed E-state index contributed by atoms with van der Waals surface area (Å²) in [4.78, 5) is 24.4. The van der Waals surface area contributed by atoms with Crippen LogP contribution in [0, 0.1) is 6.92 Å². The Balaban J connectivity index is 2.13. The smallest absolute Gasteiger partial charge is 0.328 e. The van der Waals surface area contributed by atoms with Crippen molar-refractivity contribution in [2.24, 2.45) is 5.73 Å². The molecule has 2 aromatic carbocycles. The lowest BCUT2D eigenvalue weighted by Gasteiger charge is -2.12. The molecule has 2 aromatic rings. The van der Waals surface area contributed by atoms with Crippen molar-refractivity contribution in [3.63, 3.8) is 0 Å². The SMILES string of the molecule is Cc1ccc(C(=O)Nc2cccc(C(F)(F)F)c2)cc1NC(=O)CCC(C)N. The fourth-order valence-electron chi connectivity index (χ4n) is 2.45. The summed E-state index contributed by atoms with van der Waals surface area (Å²) in [7, 11) is 0. The minimum absolute atomic E-state index is 0.0305. The number of carbonyl (C=O) groups is 2. The van der Waals surface area contributed by atoms with E-state index in [1.54, 1.807) is 19.9 Å². The molecule has 8 heteroatoms. The standard InChI is InChI=1S/C20H22F3N3O2/c1-12-6-8-14(10-17(12)26-18(27)9-7-13(2)24)19(28)25-16-5-3-4-15(11-16)20(21,22)23/h3-6,8,10-11,13H,7,9,24H2,1-2H3,(H,25,28)(H,26,27). The molecule has 1 unspecified atom stereocenters. The third-order valence-electron chi connectivity index (χ3n) is 4.05. The quantitative estimate of drug-likeness (QED) is 0.683. The average molecular weight is 393 g/mol. The minimum atomic E-state index is -4.50. The number of nitrogens with two attached hydrogens (primary N) is 1. The fraction of sp³-hybridized carbons (Fsp3) is 0.300. The molecule has 0 radical (unpaired) electrons. The number of amides is 2. The van der Waals surface area contributed by atoms with E-state index >= 15 is 0 Å². The van der Waals surface area contributed by atoms with E-state index in [0.717, 1.165) is 17.7 Å². The van der Waals surface area contributed by atoms with Crippen LogP contribution in [0.4, 0.5) is 24.5 Å². The molecule has 2 amide bonds. The van der Waals surface area contributed by atoms with Crippen molar-refractivity contribution in [2.45, 2.75) is 38.9 Å². The van der Waals surface area contributed by atoms with Crippen LogP contribution in [-0.2, 0) is 11.0 Å². The van der Waals surface area contributed by atoms with Gasteiger partial charge in [0.05, 0.1) is 5.56 Å². The topological polar surface area (TPSA) is 84.2 Å². The summed E-state index contributed by atoms with van der Waals surface area (Å²) >= 11 is 0. The number of aryl methyl sites for hydroxylation is 1. The van der Waals surface area contributed by atoms with Gasteiger partial charge in [-0.3, -0.25) is 9.59 Å². The number of alkyl halides is 3. The van der Waals surface area contributed by atoms with Crippen LogP contribution in [0.2, 0.25) is 0 Å².